The molecule has 0 bridgehead atoms. The summed E-state index contributed by atoms with van der Waals surface area (Å²) in [4.78, 5) is 11.9. The third-order valence-corrected chi connectivity index (χ3v) is 4.18. The molecule has 3 heterocycles. The van der Waals surface area contributed by atoms with Crippen molar-refractivity contribution in [2.24, 2.45) is 5.73 Å². The molecule has 1 unspecified atom stereocenters. The number of hydrogen-bond donors (Lipinski definition) is 2. The molecule has 0 radical (unpaired) electrons. The van der Waals surface area contributed by atoms with E-state index in [0.29, 0.717) is 17.4 Å². The Kier molecular flexibility index (Phi) is 2.64. The van der Waals surface area contributed by atoms with Crippen LogP contribution in [0.3, 0.4) is 0 Å². The molecule has 0 spiro atoms. The number of nitrogens with two attached hydrogens (primary N) is 1. The Morgan fingerprint density at radius 1 is 1.35 bits per heavy atom. The molecule has 0 amide bonds. The van der Waals surface area contributed by atoms with Crippen molar-refractivity contribution >= 4 is 0 Å². The molecular formula is C13H17N5O2. The van der Waals surface area contributed by atoms with Crippen molar-refractivity contribution in [2.75, 3.05) is 6.61 Å². The second-order valence-corrected chi connectivity index (χ2v) is 5.61. The maximum absolute atomic E-state index is 6.24. The van der Waals surface area contributed by atoms with Crippen LogP contribution in [0.5, 0.6) is 0 Å². The number of rotatable bonds is 3. The Labute approximate surface area is 115 Å². The molecule has 106 valence electrons. The summed E-state index contributed by atoms with van der Waals surface area (Å²) in [6.45, 7) is 0.762. The van der Waals surface area contributed by atoms with Gasteiger partial charge in [-0.2, -0.15) is 4.98 Å². The summed E-state index contributed by atoms with van der Waals surface area (Å²) in [5.41, 5.74) is 6.65. The first kappa shape index (κ1) is 12.0. The van der Waals surface area contributed by atoms with Crippen LogP contribution in [0.4, 0.5) is 0 Å². The first-order chi connectivity index (χ1) is 9.74. The highest BCUT2D eigenvalue weighted by Crippen LogP contribution is 2.37. The lowest BCUT2D eigenvalue weighted by Gasteiger charge is -2.35. The van der Waals surface area contributed by atoms with Crippen molar-refractivity contribution in [1.82, 2.24) is 20.1 Å². The van der Waals surface area contributed by atoms with Crippen molar-refractivity contribution in [2.45, 2.75) is 43.7 Å². The fraction of sp³-hybridized carbons (Fsp3) is 0.615. The van der Waals surface area contributed by atoms with E-state index in [1.807, 2.05) is 0 Å². The van der Waals surface area contributed by atoms with Gasteiger partial charge in [0.25, 0.3) is 5.89 Å². The monoisotopic (exact) mass is 275 g/mol. The van der Waals surface area contributed by atoms with E-state index < -0.39 is 0 Å². The molecule has 2 fully saturated rings. The number of ether oxygens (including phenoxy) is 1. The Morgan fingerprint density at radius 3 is 2.95 bits per heavy atom. The summed E-state index contributed by atoms with van der Waals surface area (Å²) >= 11 is 0. The van der Waals surface area contributed by atoms with Gasteiger partial charge in [0, 0.05) is 6.61 Å². The van der Waals surface area contributed by atoms with Gasteiger partial charge >= 0.3 is 0 Å². The second kappa shape index (κ2) is 4.39. The molecule has 7 heteroatoms. The average molecular weight is 275 g/mol. The third-order valence-electron chi connectivity index (χ3n) is 4.18. The highest BCUT2D eigenvalue weighted by Gasteiger charge is 2.37. The van der Waals surface area contributed by atoms with Crippen LogP contribution in [0.15, 0.2) is 10.7 Å². The van der Waals surface area contributed by atoms with Gasteiger partial charge in [0.2, 0.25) is 5.82 Å². The molecule has 1 aliphatic heterocycles. The van der Waals surface area contributed by atoms with Crippen LogP contribution in [0.2, 0.25) is 0 Å². The minimum Gasteiger partial charge on any atom is -0.370 e. The number of nitrogens with one attached hydrogen (secondary N) is 1. The molecule has 0 aromatic carbocycles. The average Bonchev–Trinajstić information content (AvgIpc) is 3.13. The zero-order chi connectivity index (χ0) is 13.6. The quantitative estimate of drug-likeness (QED) is 0.882. The maximum atomic E-state index is 6.24. The molecule has 4 rings (SSSR count). The van der Waals surface area contributed by atoms with Crippen molar-refractivity contribution in [1.29, 1.82) is 0 Å². The zero-order valence-corrected chi connectivity index (χ0v) is 11.1. The smallest absolute Gasteiger partial charge is 0.276 e. The van der Waals surface area contributed by atoms with E-state index in [0.717, 1.165) is 44.5 Å². The summed E-state index contributed by atoms with van der Waals surface area (Å²) < 4.78 is 10.8. The van der Waals surface area contributed by atoms with Gasteiger partial charge in [-0.15, -0.1) is 0 Å². The maximum Gasteiger partial charge on any atom is 0.276 e. The number of aromatic amines is 1. The highest BCUT2D eigenvalue weighted by atomic mass is 16.5. The predicted molar refractivity (Wildman–Crippen MR) is 69.5 cm³/mol. The second-order valence-electron chi connectivity index (χ2n) is 5.61. The molecule has 1 saturated heterocycles. The Bertz CT molecular complexity index is 610. The normalized spacial score (nSPS) is 24.8. The Hall–Kier alpha value is -1.73. The fourth-order valence-electron chi connectivity index (χ4n) is 2.73. The molecular weight excluding hydrogens is 258 g/mol. The van der Waals surface area contributed by atoms with Crippen LogP contribution in [0, 0.1) is 0 Å². The van der Waals surface area contributed by atoms with Crippen molar-refractivity contribution in [3.63, 3.8) is 0 Å². The molecule has 1 aliphatic carbocycles. The molecule has 1 saturated carbocycles. The van der Waals surface area contributed by atoms with E-state index in [2.05, 4.69) is 20.1 Å². The van der Waals surface area contributed by atoms with Gasteiger partial charge in [0.05, 0.1) is 11.7 Å². The zero-order valence-electron chi connectivity index (χ0n) is 11.1. The van der Waals surface area contributed by atoms with Crippen molar-refractivity contribution in [3.8, 4) is 11.6 Å². The van der Waals surface area contributed by atoms with Crippen LogP contribution in [-0.4, -0.2) is 26.7 Å². The SMILES string of the molecule is NC1(c2ncc(-c3nc(C4CCCO4)no3)[nH]2)CCC1. The van der Waals surface area contributed by atoms with Gasteiger partial charge in [-0.25, -0.2) is 4.98 Å². The van der Waals surface area contributed by atoms with Crippen molar-refractivity contribution < 1.29 is 9.26 Å². The molecule has 1 atom stereocenters. The molecule has 2 aromatic heterocycles. The van der Waals surface area contributed by atoms with E-state index in [-0.39, 0.29) is 11.6 Å². The molecule has 2 aromatic rings. The number of hydrogen-bond acceptors (Lipinski definition) is 6. The third kappa shape index (κ3) is 1.85. The van der Waals surface area contributed by atoms with Gasteiger partial charge in [0.15, 0.2) is 0 Å². The number of imidazole rings is 1. The lowest BCUT2D eigenvalue weighted by molar-refractivity contribution is 0.103. The van der Waals surface area contributed by atoms with E-state index in [1.54, 1.807) is 6.20 Å². The lowest BCUT2D eigenvalue weighted by atomic mass is 9.77. The van der Waals surface area contributed by atoms with Gasteiger partial charge in [-0.1, -0.05) is 5.16 Å². The number of H-pyrrole nitrogens is 1. The standard InChI is InChI=1S/C13H17N5O2/c14-13(4-2-5-13)12-15-7-8(16-12)11-17-10(18-20-11)9-3-1-6-19-9/h7,9H,1-6,14H2,(H,15,16). The van der Waals surface area contributed by atoms with Crippen molar-refractivity contribution in [3.05, 3.63) is 17.8 Å². The van der Waals surface area contributed by atoms with E-state index in [4.69, 9.17) is 15.0 Å². The summed E-state index contributed by atoms with van der Waals surface area (Å²) in [6, 6.07) is 0. The lowest BCUT2D eigenvalue weighted by Crippen LogP contribution is -2.44. The Balaban J connectivity index is 1.58. The van der Waals surface area contributed by atoms with E-state index >= 15 is 0 Å². The predicted octanol–water partition coefficient (Wildman–Crippen LogP) is 1.65. The minimum absolute atomic E-state index is 0.0395. The summed E-state index contributed by atoms with van der Waals surface area (Å²) in [6.07, 6.45) is 6.72. The largest absolute Gasteiger partial charge is 0.370 e. The summed E-state index contributed by atoms with van der Waals surface area (Å²) in [5.74, 6) is 1.85. The van der Waals surface area contributed by atoms with Gasteiger partial charge < -0.3 is 20.0 Å². The van der Waals surface area contributed by atoms with Crippen LogP contribution in [0.1, 0.15) is 49.9 Å². The molecule has 7 nitrogen and oxygen atoms in total. The van der Waals surface area contributed by atoms with Gasteiger partial charge in [0.1, 0.15) is 17.6 Å². The van der Waals surface area contributed by atoms with Crippen LogP contribution in [0.25, 0.3) is 11.6 Å². The minimum atomic E-state index is -0.310. The number of nitrogens with zero attached hydrogens (tertiary/aromatic N) is 3. The van der Waals surface area contributed by atoms with Crippen LogP contribution in [-0.2, 0) is 10.3 Å². The van der Waals surface area contributed by atoms with Gasteiger partial charge in [-0.05, 0) is 32.1 Å². The van der Waals surface area contributed by atoms with Crippen LogP contribution >= 0.6 is 0 Å². The number of aromatic nitrogens is 4. The van der Waals surface area contributed by atoms with E-state index in [1.165, 1.54) is 0 Å². The van der Waals surface area contributed by atoms with Crippen LogP contribution < -0.4 is 5.73 Å². The summed E-state index contributed by atoms with van der Waals surface area (Å²) in [5, 5.41) is 3.99. The topological polar surface area (TPSA) is 103 Å². The fourth-order valence-corrected chi connectivity index (χ4v) is 2.73. The highest BCUT2D eigenvalue weighted by molar-refractivity contribution is 5.45. The first-order valence-electron chi connectivity index (χ1n) is 7.05. The Morgan fingerprint density at radius 2 is 2.25 bits per heavy atom. The first-order valence-corrected chi connectivity index (χ1v) is 7.05. The van der Waals surface area contributed by atoms with Gasteiger partial charge in [-0.3, -0.25) is 0 Å². The molecule has 20 heavy (non-hydrogen) atoms. The van der Waals surface area contributed by atoms with E-state index in [9.17, 15) is 0 Å². The molecule has 3 N–H and O–H groups in total. The summed E-state index contributed by atoms with van der Waals surface area (Å²) in [7, 11) is 0. The molecule has 2 aliphatic rings.